The highest BCUT2D eigenvalue weighted by atomic mass is 16.5. The number of fused-ring (bicyclic) bond motifs is 2. The normalized spacial score (nSPS) is 22.6. The number of anilines is 1. The molecule has 1 fully saturated rings. The van der Waals surface area contributed by atoms with Crippen LogP contribution in [0.15, 0.2) is 52.1 Å². The molecule has 1 aromatic carbocycles. The van der Waals surface area contributed by atoms with E-state index in [9.17, 15) is 19.5 Å². The largest absolute Gasteiger partial charge is 0.503 e. The molecule has 2 amide bonds. The number of carbonyl (C=O) groups excluding carboxylic acids is 3. The van der Waals surface area contributed by atoms with Gasteiger partial charge in [-0.25, -0.2) is 0 Å². The van der Waals surface area contributed by atoms with Crippen LogP contribution in [0.4, 0.5) is 5.69 Å². The van der Waals surface area contributed by atoms with Gasteiger partial charge in [0.2, 0.25) is 5.78 Å². The molecule has 0 saturated carbocycles. The van der Waals surface area contributed by atoms with E-state index in [4.69, 9.17) is 9.15 Å². The van der Waals surface area contributed by atoms with Crippen LogP contribution in [-0.4, -0.2) is 73.5 Å². The number of nitrogens with one attached hydrogen (secondary N) is 1. The highest BCUT2D eigenvalue weighted by Gasteiger charge is 2.65. The Hall–Kier alpha value is -3.43. The number of Topliss-reactive ketones (excluding diaryl/α,β-unsaturated/α-hetero) is 1. The first-order chi connectivity index (χ1) is 16.9. The summed E-state index contributed by atoms with van der Waals surface area (Å²) >= 11 is 0. The summed E-state index contributed by atoms with van der Waals surface area (Å²) in [6, 6.07) is 10.3. The summed E-state index contributed by atoms with van der Waals surface area (Å²) in [6.45, 7) is 8.08. The molecule has 184 valence electrons. The van der Waals surface area contributed by atoms with Crippen LogP contribution in [0.3, 0.4) is 0 Å². The summed E-state index contributed by atoms with van der Waals surface area (Å²) in [5.41, 5.74) is -0.808. The predicted octanol–water partition coefficient (Wildman–Crippen LogP) is 0.992. The number of ketones is 1. The topological polar surface area (TPSA) is 105 Å². The SMILES string of the molecule is CCN1C(=O)[C@@]2(C(C(=O)c3ccc(C)o3)=C(O)C(=O)N2CCC[NH+]2CCOCC2)c2ccccc21. The molecule has 1 spiro atoms. The Morgan fingerprint density at radius 1 is 1.14 bits per heavy atom. The molecule has 1 saturated heterocycles. The van der Waals surface area contributed by atoms with Crippen LogP contribution in [0.25, 0.3) is 0 Å². The van der Waals surface area contributed by atoms with Crippen LogP contribution >= 0.6 is 0 Å². The molecule has 3 aliphatic heterocycles. The van der Waals surface area contributed by atoms with Gasteiger partial charge in [0.1, 0.15) is 18.8 Å². The van der Waals surface area contributed by atoms with E-state index in [0.717, 1.165) is 19.6 Å². The molecule has 1 atom stereocenters. The smallest absolute Gasteiger partial charge is 0.290 e. The van der Waals surface area contributed by atoms with E-state index >= 15 is 0 Å². The molecule has 0 radical (unpaired) electrons. The number of rotatable bonds is 7. The minimum Gasteiger partial charge on any atom is -0.503 e. The summed E-state index contributed by atoms with van der Waals surface area (Å²) in [7, 11) is 0. The summed E-state index contributed by atoms with van der Waals surface area (Å²) < 4.78 is 11.0. The molecule has 4 heterocycles. The number of hydrogen-bond acceptors (Lipinski definition) is 6. The van der Waals surface area contributed by atoms with Crippen molar-refractivity contribution in [2.45, 2.75) is 25.8 Å². The Bertz CT molecular complexity index is 1210. The highest BCUT2D eigenvalue weighted by Crippen LogP contribution is 2.53. The standard InChI is InChI=1S/C26H29N3O6/c1-3-28-19-8-5-4-7-18(19)26(25(28)33)21(22(30)20-10-9-17(2)35-20)23(31)24(32)29(26)12-6-11-27-13-15-34-16-14-27/h4-5,7-10,31H,3,6,11-16H2,1-2H3/p+1/t26-/m0/s1. The van der Waals surface area contributed by atoms with Crippen molar-refractivity contribution in [3.05, 3.63) is 64.8 Å². The van der Waals surface area contributed by atoms with Gasteiger partial charge in [0.05, 0.1) is 31.0 Å². The minimum absolute atomic E-state index is 0.0175. The van der Waals surface area contributed by atoms with E-state index in [1.807, 2.05) is 13.0 Å². The summed E-state index contributed by atoms with van der Waals surface area (Å²) in [4.78, 5) is 45.6. The number of nitrogens with zero attached hydrogens (tertiary/aromatic N) is 2. The summed E-state index contributed by atoms with van der Waals surface area (Å²) in [5.74, 6) is -1.98. The Balaban J connectivity index is 1.59. The molecule has 9 heteroatoms. The number of aryl methyl sites for hydroxylation is 1. The first-order valence-electron chi connectivity index (χ1n) is 12.1. The maximum absolute atomic E-state index is 14.1. The van der Waals surface area contributed by atoms with Gasteiger partial charge in [-0.1, -0.05) is 18.2 Å². The molecule has 9 nitrogen and oxygen atoms in total. The van der Waals surface area contributed by atoms with Crippen LogP contribution < -0.4 is 9.80 Å². The number of morpholine rings is 1. The van der Waals surface area contributed by atoms with Crippen LogP contribution in [0, 0.1) is 6.92 Å². The molecule has 2 aromatic rings. The first-order valence-corrected chi connectivity index (χ1v) is 12.1. The Morgan fingerprint density at radius 3 is 2.57 bits per heavy atom. The van der Waals surface area contributed by atoms with Gasteiger partial charge in [0.15, 0.2) is 17.1 Å². The van der Waals surface area contributed by atoms with Gasteiger partial charge in [-0.05, 0) is 32.0 Å². The molecule has 0 aliphatic carbocycles. The summed E-state index contributed by atoms with van der Waals surface area (Å²) in [6.07, 6.45) is 0.610. The maximum Gasteiger partial charge on any atom is 0.290 e. The second-order valence-corrected chi connectivity index (χ2v) is 9.16. The zero-order chi connectivity index (χ0) is 24.7. The number of ether oxygens (including phenoxy) is 1. The minimum atomic E-state index is -1.73. The molecule has 3 aliphatic rings. The van der Waals surface area contributed by atoms with Crippen molar-refractivity contribution < 1.29 is 33.5 Å². The number of amides is 2. The Morgan fingerprint density at radius 2 is 1.89 bits per heavy atom. The Kier molecular flexibility index (Phi) is 5.98. The quantitative estimate of drug-likeness (QED) is 0.573. The lowest BCUT2D eigenvalue weighted by Gasteiger charge is -2.36. The number of aliphatic hydroxyl groups excluding tert-OH is 1. The van der Waals surface area contributed by atoms with Gasteiger partial charge in [-0.15, -0.1) is 0 Å². The first kappa shape index (κ1) is 23.3. The molecule has 0 unspecified atom stereocenters. The number of aliphatic hydroxyl groups is 1. The van der Waals surface area contributed by atoms with Crippen molar-refractivity contribution in [2.75, 3.05) is 50.8 Å². The average Bonchev–Trinajstić information content (AvgIpc) is 3.48. The van der Waals surface area contributed by atoms with Gasteiger partial charge in [0.25, 0.3) is 11.8 Å². The molecule has 1 aromatic heterocycles. The van der Waals surface area contributed by atoms with Crippen molar-refractivity contribution in [3.8, 4) is 0 Å². The van der Waals surface area contributed by atoms with E-state index < -0.39 is 28.9 Å². The second-order valence-electron chi connectivity index (χ2n) is 9.16. The van der Waals surface area contributed by atoms with Crippen LogP contribution in [0.1, 0.15) is 35.2 Å². The molecule has 0 bridgehead atoms. The van der Waals surface area contributed by atoms with Crippen molar-refractivity contribution in [2.24, 2.45) is 0 Å². The monoisotopic (exact) mass is 480 g/mol. The number of hydrogen-bond donors (Lipinski definition) is 2. The molecular formula is C26H30N3O6+. The zero-order valence-corrected chi connectivity index (χ0v) is 20.0. The second kappa shape index (κ2) is 8.98. The highest BCUT2D eigenvalue weighted by molar-refractivity contribution is 6.25. The predicted molar refractivity (Wildman–Crippen MR) is 126 cm³/mol. The third-order valence-corrected chi connectivity index (χ3v) is 7.21. The number of quaternary nitrogens is 1. The number of para-hydroxylation sites is 1. The average molecular weight is 481 g/mol. The van der Waals surface area contributed by atoms with Gasteiger partial charge in [0, 0.05) is 25.1 Å². The van der Waals surface area contributed by atoms with Gasteiger partial charge in [-0.3, -0.25) is 14.4 Å². The fraction of sp³-hybridized carbons (Fsp3) is 0.423. The number of carbonyl (C=O) groups is 3. The number of likely N-dealkylation sites (N-methyl/N-ethyl adjacent to an activating group) is 1. The third kappa shape index (κ3) is 3.49. The molecule has 2 N–H and O–H groups in total. The van der Waals surface area contributed by atoms with E-state index in [0.29, 0.717) is 43.2 Å². The van der Waals surface area contributed by atoms with Crippen LogP contribution in [-0.2, 0) is 19.9 Å². The summed E-state index contributed by atoms with van der Waals surface area (Å²) in [5, 5.41) is 11.1. The fourth-order valence-corrected chi connectivity index (χ4v) is 5.56. The van der Waals surface area contributed by atoms with Crippen LogP contribution in [0.5, 0.6) is 0 Å². The van der Waals surface area contributed by atoms with E-state index in [-0.39, 0.29) is 17.9 Å². The van der Waals surface area contributed by atoms with Crippen LogP contribution in [0.2, 0.25) is 0 Å². The zero-order valence-electron chi connectivity index (χ0n) is 20.0. The van der Waals surface area contributed by atoms with Crippen molar-refractivity contribution in [3.63, 3.8) is 0 Å². The van der Waals surface area contributed by atoms with Crippen molar-refractivity contribution in [1.82, 2.24) is 4.90 Å². The lowest BCUT2D eigenvalue weighted by Crippen LogP contribution is -3.14. The van der Waals surface area contributed by atoms with Crippen molar-refractivity contribution in [1.29, 1.82) is 0 Å². The van der Waals surface area contributed by atoms with E-state index in [1.54, 1.807) is 36.1 Å². The lowest BCUT2D eigenvalue weighted by atomic mass is 9.81. The lowest BCUT2D eigenvalue weighted by molar-refractivity contribution is -0.908. The Labute approximate surface area is 203 Å². The van der Waals surface area contributed by atoms with Gasteiger partial charge < -0.3 is 29.0 Å². The third-order valence-electron chi connectivity index (χ3n) is 7.21. The van der Waals surface area contributed by atoms with Gasteiger partial charge in [-0.2, -0.15) is 0 Å². The number of benzene rings is 1. The number of furan rings is 1. The fourth-order valence-electron chi connectivity index (χ4n) is 5.56. The maximum atomic E-state index is 14.1. The van der Waals surface area contributed by atoms with E-state index in [1.165, 1.54) is 15.9 Å². The molecular weight excluding hydrogens is 450 g/mol. The molecule has 35 heavy (non-hydrogen) atoms. The van der Waals surface area contributed by atoms with Crippen molar-refractivity contribution >= 4 is 23.3 Å². The van der Waals surface area contributed by atoms with Gasteiger partial charge >= 0.3 is 0 Å². The van der Waals surface area contributed by atoms with E-state index in [2.05, 4.69) is 0 Å². The molecule has 5 rings (SSSR count).